The minimum Gasteiger partial charge on any atom is -0.0654 e. The van der Waals surface area contributed by atoms with Gasteiger partial charge in [0, 0.05) is 0 Å². The molecule has 0 radical (unpaired) electrons. The van der Waals surface area contributed by atoms with Crippen LogP contribution in [0.4, 0.5) is 0 Å². The van der Waals surface area contributed by atoms with Crippen LogP contribution in [0.25, 0.3) is 0 Å². The highest BCUT2D eigenvalue weighted by atomic mass is 14.1. The van der Waals surface area contributed by atoms with Gasteiger partial charge in [0.2, 0.25) is 0 Å². The summed E-state index contributed by atoms with van der Waals surface area (Å²) in [5.74, 6) is 2.10. The first-order valence-corrected chi connectivity index (χ1v) is 13.4. The van der Waals surface area contributed by atoms with E-state index in [-0.39, 0.29) is 0 Å². The Morgan fingerprint density at radius 1 is 0.556 bits per heavy atom. The third kappa shape index (κ3) is 15.6. The molecule has 0 heterocycles. The Hall–Kier alpha value is 0.0649. The maximum atomic E-state index is 2.34. The fourth-order valence-electron chi connectivity index (χ4n) is 5.23. The third-order valence-electron chi connectivity index (χ3n) is 7.07. The quantitative estimate of drug-likeness (QED) is 0.222. The Morgan fingerprint density at radius 3 is 1.44 bits per heavy atom. The molecule has 0 saturated heterocycles. The van der Waals surface area contributed by atoms with Crippen LogP contribution < -0.4 is 0 Å². The fourth-order valence-corrected chi connectivity index (χ4v) is 5.23. The van der Waals surface area contributed by atoms with Crippen molar-refractivity contribution in [3.05, 3.63) is 0 Å². The highest BCUT2D eigenvalue weighted by molar-refractivity contribution is 6.39. The van der Waals surface area contributed by atoms with Crippen LogP contribution in [0.5, 0.6) is 0 Å². The highest BCUT2D eigenvalue weighted by Crippen LogP contribution is 2.32. The molecule has 27 heavy (non-hydrogen) atoms. The van der Waals surface area contributed by atoms with Crippen molar-refractivity contribution >= 4 is 7.28 Å². The molecule has 1 aliphatic rings. The van der Waals surface area contributed by atoms with Gasteiger partial charge in [0.15, 0.2) is 0 Å². The van der Waals surface area contributed by atoms with E-state index in [0.29, 0.717) is 0 Å². The Balaban J connectivity index is 2.40. The van der Waals surface area contributed by atoms with E-state index in [1.165, 1.54) is 128 Å². The Morgan fingerprint density at radius 2 is 0.963 bits per heavy atom. The van der Waals surface area contributed by atoms with Crippen LogP contribution in [0.15, 0.2) is 0 Å². The normalized spacial score (nSPS) is 19.2. The van der Waals surface area contributed by atoms with Crippen LogP contribution in [-0.2, 0) is 0 Å². The Labute approximate surface area is 174 Å². The molecule has 1 aliphatic carbocycles. The molecule has 1 saturated carbocycles. The summed E-state index contributed by atoms with van der Waals surface area (Å²) in [7, 11) is 1.57. The van der Waals surface area contributed by atoms with Gasteiger partial charge < -0.3 is 0 Å². The van der Waals surface area contributed by atoms with Crippen molar-refractivity contribution in [3.8, 4) is 0 Å². The van der Waals surface area contributed by atoms with Gasteiger partial charge in [0.1, 0.15) is 7.28 Å². The van der Waals surface area contributed by atoms with E-state index >= 15 is 0 Å². The summed E-state index contributed by atoms with van der Waals surface area (Å²) in [6.45, 7) is 4.68. The molecule has 1 fully saturated rings. The molecule has 0 amide bonds. The second-order valence-electron chi connectivity index (χ2n) is 9.78. The van der Waals surface area contributed by atoms with E-state index < -0.39 is 0 Å². The molecule has 0 N–H and O–H groups in total. The molecule has 0 spiro atoms. The van der Waals surface area contributed by atoms with Crippen LogP contribution in [0, 0.1) is 0 Å². The molecule has 0 aromatic carbocycles. The summed E-state index contributed by atoms with van der Waals surface area (Å²) in [5.41, 5.74) is 0. The predicted octanol–water partition coefficient (Wildman–Crippen LogP) is 9.64. The zero-order valence-electron chi connectivity index (χ0n) is 19.4. The van der Waals surface area contributed by atoms with Gasteiger partial charge in [-0.3, -0.25) is 0 Å². The predicted molar refractivity (Wildman–Crippen MR) is 128 cm³/mol. The van der Waals surface area contributed by atoms with E-state index in [1.807, 2.05) is 0 Å². The Bertz CT molecular complexity index is 276. The molecule has 0 aromatic rings. The lowest BCUT2D eigenvalue weighted by Gasteiger charge is -2.23. The summed E-state index contributed by atoms with van der Waals surface area (Å²) < 4.78 is 0. The first-order chi connectivity index (χ1) is 13.4. The summed E-state index contributed by atoms with van der Waals surface area (Å²) >= 11 is 0. The Kier molecular flexibility index (Phi) is 18.0. The lowest BCUT2D eigenvalue weighted by molar-refractivity contribution is 0.493. The van der Waals surface area contributed by atoms with Gasteiger partial charge in [-0.25, -0.2) is 0 Å². The van der Waals surface area contributed by atoms with E-state index in [9.17, 15) is 0 Å². The van der Waals surface area contributed by atoms with Gasteiger partial charge in [-0.05, 0) is 0 Å². The van der Waals surface area contributed by atoms with Gasteiger partial charge in [-0.15, -0.1) is 0 Å². The standard InChI is InChI=1S/C26H53B/c1-3-5-7-14-18-22-25(21-17-8-6-4-2)27-26-23-19-15-12-10-9-11-13-16-20-24-26/h25-27H,3-24H2,1-2H3. The molecule has 0 bridgehead atoms. The first-order valence-electron chi connectivity index (χ1n) is 13.4. The van der Waals surface area contributed by atoms with Crippen molar-refractivity contribution in [2.75, 3.05) is 0 Å². The summed E-state index contributed by atoms with van der Waals surface area (Å²) in [6.07, 6.45) is 32.8. The molecule has 1 unspecified atom stereocenters. The molecule has 0 aromatic heterocycles. The molecular weight excluding hydrogens is 323 g/mol. The SMILES string of the molecule is CCCCCCCC(BC1CCCCCCCCCCC1)CCCCCC. The van der Waals surface area contributed by atoms with E-state index in [4.69, 9.17) is 0 Å². The topological polar surface area (TPSA) is 0 Å². The molecule has 1 atom stereocenters. The monoisotopic (exact) mass is 376 g/mol. The smallest absolute Gasteiger partial charge is 0.0654 e. The van der Waals surface area contributed by atoms with Crippen molar-refractivity contribution in [1.82, 2.24) is 0 Å². The number of hydrogen-bond donors (Lipinski definition) is 0. The van der Waals surface area contributed by atoms with Crippen molar-refractivity contribution in [3.63, 3.8) is 0 Å². The minimum atomic E-state index is 1.04. The molecule has 1 heteroatoms. The van der Waals surface area contributed by atoms with Crippen molar-refractivity contribution in [2.45, 2.75) is 167 Å². The van der Waals surface area contributed by atoms with E-state index in [2.05, 4.69) is 13.8 Å². The van der Waals surface area contributed by atoms with E-state index in [1.54, 1.807) is 20.1 Å². The van der Waals surface area contributed by atoms with Crippen LogP contribution in [0.2, 0.25) is 11.6 Å². The zero-order chi connectivity index (χ0) is 19.4. The molecular formula is C26H53B. The largest absolute Gasteiger partial charge is 0.127 e. The second-order valence-corrected chi connectivity index (χ2v) is 9.78. The average molecular weight is 377 g/mol. The average Bonchev–Trinajstić information content (AvgIpc) is 2.66. The summed E-state index contributed by atoms with van der Waals surface area (Å²) in [5, 5.41) is 0. The lowest BCUT2D eigenvalue weighted by atomic mass is 9.50. The second kappa shape index (κ2) is 19.4. The minimum absolute atomic E-state index is 1.04. The maximum absolute atomic E-state index is 2.34. The van der Waals surface area contributed by atoms with Crippen molar-refractivity contribution < 1.29 is 0 Å². The molecule has 1 rings (SSSR count). The van der Waals surface area contributed by atoms with Gasteiger partial charge in [0.25, 0.3) is 0 Å². The number of rotatable bonds is 13. The molecule has 160 valence electrons. The number of unbranched alkanes of at least 4 members (excludes halogenated alkanes) is 7. The third-order valence-corrected chi connectivity index (χ3v) is 7.07. The van der Waals surface area contributed by atoms with Gasteiger partial charge in [-0.2, -0.15) is 0 Å². The van der Waals surface area contributed by atoms with Gasteiger partial charge in [-0.1, -0.05) is 167 Å². The van der Waals surface area contributed by atoms with E-state index in [0.717, 1.165) is 11.6 Å². The van der Waals surface area contributed by atoms with Crippen LogP contribution in [-0.4, -0.2) is 7.28 Å². The van der Waals surface area contributed by atoms with Crippen LogP contribution in [0.3, 0.4) is 0 Å². The lowest BCUT2D eigenvalue weighted by Crippen LogP contribution is -2.13. The fraction of sp³-hybridized carbons (Fsp3) is 1.00. The van der Waals surface area contributed by atoms with Crippen LogP contribution >= 0.6 is 0 Å². The molecule has 0 nitrogen and oxygen atoms in total. The zero-order valence-corrected chi connectivity index (χ0v) is 19.4. The maximum Gasteiger partial charge on any atom is 0.127 e. The summed E-state index contributed by atoms with van der Waals surface area (Å²) in [6, 6.07) is 0. The highest BCUT2D eigenvalue weighted by Gasteiger charge is 2.18. The van der Waals surface area contributed by atoms with Crippen molar-refractivity contribution in [1.29, 1.82) is 0 Å². The van der Waals surface area contributed by atoms with Gasteiger partial charge in [0.05, 0.1) is 0 Å². The van der Waals surface area contributed by atoms with Crippen LogP contribution in [0.1, 0.15) is 155 Å². The first kappa shape index (κ1) is 25.1. The van der Waals surface area contributed by atoms with Crippen molar-refractivity contribution in [2.24, 2.45) is 0 Å². The summed E-state index contributed by atoms with van der Waals surface area (Å²) in [4.78, 5) is 0. The van der Waals surface area contributed by atoms with Gasteiger partial charge >= 0.3 is 0 Å². The number of hydrogen-bond acceptors (Lipinski definition) is 0. The molecule has 0 aliphatic heterocycles.